The van der Waals surface area contributed by atoms with E-state index in [2.05, 4.69) is 10.3 Å². The number of nitrogens with one attached hydrogen (secondary N) is 1. The summed E-state index contributed by atoms with van der Waals surface area (Å²) in [4.78, 5) is 18.2. The zero-order valence-electron chi connectivity index (χ0n) is 15.3. The third kappa shape index (κ3) is 5.35. The van der Waals surface area contributed by atoms with Gasteiger partial charge in [0, 0.05) is 36.8 Å². The maximum atomic E-state index is 12.5. The third-order valence-electron chi connectivity index (χ3n) is 4.30. The Kier molecular flexibility index (Phi) is 6.03. The average Bonchev–Trinajstić information content (AvgIpc) is 2.87. The summed E-state index contributed by atoms with van der Waals surface area (Å²) < 4.78 is 48.0. The van der Waals surface area contributed by atoms with E-state index in [1.165, 1.54) is 13.3 Å². The van der Waals surface area contributed by atoms with Crippen LogP contribution in [-0.4, -0.2) is 48.8 Å². The maximum absolute atomic E-state index is 12.5. The summed E-state index contributed by atoms with van der Waals surface area (Å²) in [6.07, 6.45) is -3.57. The molecule has 150 valence electrons. The van der Waals surface area contributed by atoms with Gasteiger partial charge in [0.2, 0.25) is 5.88 Å². The van der Waals surface area contributed by atoms with Crippen molar-refractivity contribution in [3.63, 3.8) is 0 Å². The Morgan fingerprint density at radius 2 is 2.14 bits per heavy atom. The van der Waals surface area contributed by atoms with Gasteiger partial charge < -0.3 is 14.8 Å². The number of ether oxygens (including phenoxy) is 2. The Bertz CT molecular complexity index is 825. The summed E-state index contributed by atoms with van der Waals surface area (Å²) >= 11 is 0. The molecule has 1 aliphatic heterocycles. The van der Waals surface area contributed by atoms with Gasteiger partial charge in [0.25, 0.3) is 5.91 Å². The molecular weight excluding hydrogens is 375 g/mol. The van der Waals surface area contributed by atoms with Crippen molar-refractivity contribution in [1.82, 2.24) is 9.88 Å². The molecule has 28 heavy (non-hydrogen) atoms. The van der Waals surface area contributed by atoms with Crippen molar-refractivity contribution >= 4 is 11.6 Å². The van der Waals surface area contributed by atoms with Crippen LogP contribution in [0, 0.1) is 0 Å². The van der Waals surface area contributed by atoms with Crippen LogP contribution in [0.1, 0.15) is 22.3 Å². The number of carbonyl (C=O) groups is 1. The lowest BCUT2D eigenvalue weighted by molar-refractivity contribution is -0.138. The number of pyridine rings is 1. The van der Waals surface area contributed by atoms with Gasteiger partial charge in [-0.1, -0.05) is 6.07 Å². The van der Waals surface area contributed by atoms with Gasteiger partial charge in [-0.25, -0.2) is 4.98 Å². The summed E-state index contributed by atoms with van der Waals surface area (Å²) in [5.74, 6) is 0.609. The van der Waals surface area contributed by atoms with E-state index in [1.54, 1.807) is 35.2 Å². The number of alkyl halides is 3. The molecule has 1 amide bonds. The molecule has 3 rings (SSSR count). The first-order valence-corrected chi connectivity index (χ1v) is 8.70. The molecule has 6 nitrogen and oxygen atoms in total. The molecule has 9 heteroatoms. The number of rotatable bonds is 5. The number of methoxy groups -OCH3 is 1. The second-order valence-corrected chi connectivity index (χ2v) is 6.36. The molecule has 2 aromatic rings. The van der Waals surface area contributed by atoms with Crippen LogP contribution in [0.2, 0.25) is 0 Å². The van der Waals surface area contributed by atoms with Gasteiger partial charge in [-0.15, -0.1) is 0 Å². The minimum Gasteiger partial charge on any atom is -0.492 e. The van der Waals surface area contributed by atoms with E-state index >= 15 is 0 Å². The molecule has 0 radical (unpaired) electrons. The molecule has 0 aliphatic carbocycles. The number of benzene rings is 1. The number of anilines is 1. The lowest BCUT2D eigenvalue weighted by Crippen LogP contribution is -2.29. The molecule has 2 heterocycles. The van der Waals surface area contributed by atoms with E-state index in [0.717, 1.165) is 5.56 Å². The number of carbonyl (C=O) groups excluding carboxylic acids is 1. The van der Waals surface area contributed by atoms with Crippen molar-refractivity contribution in [2.45, 2.75) is 19.1 Å². The lowest BCUT2D eigenvalue weighted by Gasteiger charge is -2.20. The molecule has 0 saturated carbocycles. The Morgan fingerprint density at radius 1 is 1.32 bits per heavy atom. The van der Waals surface area contributed by atoms with Crippen LogP contribution in [0.3, 0.4) is 0 Å². The number of aromatic nitrogens is 1. The zero-order valence-corrected chi connectivity index (χ0v) is 15.3. The van der Waals surface area contributed by atoms with Gasteiger partial charge in [0.05, 0.1) is 25.4 Å². The van der Waals surface area contributed by atoms with Gasteiger partial charge in [-0.05, 0) is 18.2 Å². The van der Waals surface area contributed by atoms with Crippen molar-refractivity contribution in [3.8, 4) is 11.6 Å². The lowest BCUT2D eigenvalue weighted by atomic mass is 10.1. The summed E-state index contributed by atoms with van der Waals surface area (Å²) in [6, 6.07) is 8.24. The van der Waals surface area contributed by atoms with E-state index in [0.29, 0.717) is 36.0 Å². The molecule has 0 fully saturated rings. The van der Waals surface area contributed by atoms with E-state index in [4.69, 9.17) is 9.47 Å². The predicted octanol–water partition coefficient (Wildman–Crippen LogP) is 3.49. The Labute approximate surface area is 160 Å². The highest BCUT2D eigenvalue weighted by atomic mass is 19.4. The Hall–Kier alpha value is -2.81. The van der Waals surface area contributed by atoms with Crippen LogP contribution in [0.5, 0.6) is 11.6 Å². The second kappa shape index (κ2) is 8.47. The Morgan fingerprint density at radius 3 is 2.82 bits per heavy atom. The van der Waals surface area contributed by atoms with Crippen molar-refractivity contribution in [2.75, 3.05) is 32.1 Å². The normalized spacial score (nSPS) is 14.6. The highest BCUT2D eigenvalue weighted by Gasteiger charge is 2.28. The first-order chi connectivity index (χ1) is 13.3. The predicted molar refractivity (Wildman–Crippen MR) is 96.6 cm³/mol. The topological polar surface area (TPSA) is 63.7 Å². The number of halogens is 3. The van der Waals surface area contributed by atoms with Crippen molar-refractivity contribution in [1.29, 1.82) is 0 Å². The minimum absolute atomic E-state index is 0.0843. The standard InChI is InChI=1S/C19H20F3N3O3/c1-27-17-5-4-15(11-23-17)24-18(26)13-2-3-14-12-25(7-6-19(20,21)22)8-9-28-16(14)10-13/h2-5,10-11H,6-9,12H2,1H3,(H,24,26). The van der Waals surface area contributed by atoms with Crippen LogP contribution in [-0.2, 0) is 6.54 Å². The molecule has 1 aromatic carbocycles. The molecule has 0 saturated heterocycles. The van der Waals surface area contributed by atoms with Crippen molar-refractivity contribution in [2.24, 2.45) is 0 Å². The quantitative estimate of drug-likeness (QED) is 0.840. The minimum atomic E-state index is -4.19. The second-order valence-electron chi connectivity index (χ2n) is 6.36. The molecule has 0 unspecified atom stereocenters. The van der Waals surface area contributed by atoms with E-state index in [1.807, 2.05) is 0 Å². The van der Waals surface area contributed by atoms with Gasteiger partial charge in [0.1, 0.15) is 12.4 Å². The van der Waals surface area contributed by atoms with Crippen molar-refractivity contribution in [3.05, 3.63) is 47.7 Å². The number of hydrogen-bond donors (Lipinski definition) is 1. The summed E-state index contributed by atoms with van der Waals surface area (Å²) in [5, 5.41) is 2.73. The van der Waals surface area contributed by atoms with Gasteiger partial charge in [-0.2, -0.15) is 13.2 Å². The molecule has 1 N–H and O–H groups in total. The highest BCUT2D eigenvalue weighted by Crippen LogP contribution is 2.27. The van der Waals surface area contributed by atoms with Crippen molar-refractivity contribution < 1.29 is 27.4 Å². The largest absolute Gasteiger partial charge is 0.492 e. The fourth-order valence-corrected chi connectivity index (χ4v) is 2.82. The van der Waals surface area contributed by atoms with E-state index in [9.17, 15) is 18.0 Å². The molecular formula is C19H20F3N3O3. The summed E-state index contributed by atoms with van der Waals surface area (Å²) in [5.41, 5.74) is 1.65. The summed E-state index contributed by atoms with van der Waals surface area (Å²) in [7, 11) is 1.50. The first kappa shape index (κ1) is 19.9. The first-order valence-electron chi connectivity index (χ1n) is 8.70. The fourth-order valence-electron chi connectivity index (χ4n) is 2.82. The van der Waals surface area contributed by atoms with E-state index in [-0.39, 0.29) is 19.1 Å². The monoisotopic (exact) mass is 395 g/mol. The number of hydrogen-bond acceptors (Lipinski definition) is 5. The van der Waals surface area contributed by atoms with Gasteiger partial charge in [0.15, 0.2) is 0 Å². The third-order valence-corrected chi connectivity index (χ3v) is 4.30. The molecule has 1 aliphatic rings. The van der Waals surface area contributed by atoms with Gasteiger partial charge >= 0.3 is 6.18 Å². The molecule has 0 bridgehead atoms. The SMILES string of the molecule is COc1ccc(NC(=O)c2ccc3c(c2)OCCN(CCC(F)(F)F)C3)cn1. The maximum Gasteiger partial charge on any atom is 0.390 e. The average molecular weight is 395 g/mol. The number of amides is 1. The van der Waals surface area contributed by atoms with Crippen LogP contribution < -0.4 is 14.8 Å². The molecule has 0 atom stereocenters. The number of fused-ring (bicyclic) bond motifs is 1. The molecule has 0 spiro atoms. The fraction of sp³-hybridized carbons (Fsp3) is 0.368. The number of nitrogens with zero attached hydrogens (tertiary/aromatic N) is 2. The van der Waals surface area contributed by atoms with Gasteiger partial charge in [-0.3, -0.25) is 9.69 Å². The van der Waals surface area contributed by atoms with E-state index < -0.39 is 12.6 Å². The van der Waals surface area contributed by atoms with Crippen LogP contribution in [0.15, 0.2) is 36.5 Å². The summed E-state index contributed by atoms with van der Waals surface area (Å²) in [6.45, 7) is 0.914. The zero-order chi connectivity index (χ0) is 20.1. The molecule has 1 aromatic heterocycles. The van der Waals surface area contributed by atoms with Crippen LogP contribution in [0.25, 0.3) is 0 Å². The van der Waals surface area contributed by atoms with Crippen LogP contribution in [0.4, 0.5) is 18.9 Å². The van der Waals surface area contributed by atoms with Crippen LogP contribution >= 0.6 is 0 Å². The highest BCUT2D eigenvalue weighted by molar-refractivity contribution is 6.04. The Balaban J connectivity index is 1.67. The smallest absolute Gasteiger partial charge is 0.390 e.